The van der Waals surface area contributed by atoms with E-state index >= 15 is 0 Å². The molecule has 4 bridgehead atoms. The van der Waals surface area contributed by atoms with Crippen molar-refractivity contribution >= 4 is 0 Å². The maximum absolute atomic E-state index is 4.86. The van der Waals surface area contributed by atoms with E-state index in [0.717, 1.165) is 44.6 Å². The summed E-state index contributed by atoms with van der Waals surface area (Å²) < 4.78 is 0. The van der Waals surface area contributed by atoms with Gasteiger partial charge in [0, 0.05) is 43.3 Å². The van der Waals surface area contributed by atoms with Gasteiger partial charge in [-0.3, -0.25) is 0 Å². The minimum atomic E-state index is -0.332. The third kappa shape index (κ3) is 19.6. The monoisotopic (exact) mass is 947 g/mol. The Morgan fingerprint density at radius 2 is 0.375 bits per heavy atom. The first-order valence-electron chi connectivity index (χ1n) is 24.9. The average Bonchev–Trinajstić information content (AvgIpc) is 3.20. The first-order chi connectivity index (χ1) is 32.7. The van der Waals surface area contributed by atoms with Crippen molar-refractivity contribution in [2.24, 2.45) is 43.3 Å². The third-order valence-electron chi connectivity index (χ3n) is 10.6. The Morgan fingerprint density at radius 1 is 0.222 bits per heavy atom. The molecule has 0 spiro atoms. The van der Waals surface area contributed by atoms with Gasteiger partial charge in [-0.15, -0.1) is 0 Å². The number of nitrogens with zero attached hydrogens (tertiary/aromatic N) is 2. The van der Waals surface area contributed by atoms with Crippen molar-refractivity contribution in [1.82, 2.24) is 9.97 Å². The van der Waals surface area contributed by atoms with Crippen LogP contribution in [0.2, 0.25) is 0 Å². The molecule has 0 N–H and O–H groups in total. The van der Waals surface area contributed by atoms with Gasteiger partial charge >= 0.3 is 0 Å². The van der Waals surface area contributed by atoms with E-state index in [-0.39, 0.29) is 43.3 Å². The maximum atomic E-state index is 4.86. The lowest BCUT2D eigenvalue weighted by Crippen LogP contribution is -2.11. The van der Waals surface area contributed by atoms with E-state index in [1.807, 2.05) is 36.4 Å². The molecule has 0 unspecified atom stereocenters. The Labute approximate surface area is 438 Å². The molecule has 0 aliphatic carbocycles. The minimum absolute atomic E-state index is 0.332. The number of pyridine rings is 2. The topological polar surface area (TPSA) is 25.8 Å². The predicted molar refractivity (Wildman–Crippen MR) is 305 cm³/mol. The summed E-state index contributed by atoms with van der Waals surface area (Å²) in [7, 11) is 0. The van der Waals surface area contributed by atoms with Crippen LogP contribution in [0.5, 0.6) is 0 Å². The van der Waals surface area contributed by atoms with Crippen LogP contribution in [0, 0.1) is 138 Å². The highest BCUT2D eigenvalue weighted by molar-refractivity contribution is 5.52. The molecule has 72 heavy (non-hydrogen) atoms. The van der Waals surface area contributed by atoms with Crippen molar-refractivity contribution in [3.63, 3.8) is 0 Å². The van der Waals surface area contributed by atoms with Crippen LogP contribution < -0.4 is 0 Å². The van der Waals surface area contributed by atoms with Crippen molar-refractivity contribution in [2.45, 2.75) is 166 Å². The molecule has 0 radical (unpaired) electrons. The van der Waals surface area contributed by atoms with Gasteiger partial charge in [0.25, 0.3) is 0 Å². The van der Waals surface area contributed by atoms with Crippen molar-refractivity contribution in [1.29, 1.82) is 0 Å². The SMILES string of the molecule is CC(C)(C)C1=C=C(C(C)(C)C)C#Cc2cccc(n2)C#CC(C(C)(C)C)=C=C(C(C)(C)C)C#CC#CC(C(C)(C)C)=C=C(C(C)(C)C)C#Cc2cccc(n2)C#CC(C(C)(C)C)=C=C(C(C)(C)C)C#CC#C1. The van der Waals surface area contributed by atoms with Crippen molar-refractivity contribution in [2.75, 3.05) is 0 Å². The molecular weight excluding hydrogens is 869 g/mol. The zero-order chi connectivity index (χ0) is 54.7. The highest BCUT2D eigenvalue weighted by Crippen LogP contribution is 2.33. The van der Waals surface area contributed by atoms with Gasteiger partial charge in [-0.25, -0.2) is 9.97 Å². The summed E-state index contributed by atoms with van der Waals surface area (Å²) in [5.74, 6) is 53.0. The molecule has 0 amide bonds. The van der Waals surface area contributed by atoms with E-state index in [2.05, 4.69) is 284 Å². The average molecular weight is 947 g/mol. The predicted octanol–water partition coefficient (Wildman–Crippen LogP) is 15.8. The normalized spacial score (nSPS) is 14.4. The molecule has 0 aromatic carbocycles. The number of rotatable bonds is 0. The lowest BCUT2D eigenvalue weighted by Gasteiger charge is -2.20. The number of allylic oxidation sites excluding steroid dienone is 4. The number of hydrogen-bond donors (Lipinski definition) is 0. The second-order valence-corrected chi connectivity index (χ2v) is 26.3. The van der Waals surface area contributed by atoms with Crippen LogP contribution in [0.15, 0.2) is 104 Å². The van der Waals surface area contributed by atoms with E-state index in [1.165, 1.54) is 0 Å². The fourth-order valence-electron chi connectivity index (χ4n) is 5.78. The van der Waals surface area contributed by atoms with Gasteiger partial charge < -0.3 is 0 Å². The molecule has 2 heteroatoms. The van der Waals surface area contributed by atoms with Crippen molar-refractivity contribution < 1.29 is 0 Å². The first-order valence-corrected chi connectivity index (χ1v) is 24.9. The summed E-state index contributed by atoms with van der Waals surface area (Å²) in [5, 5.41) is 0. The molecule has 1 aliphatic heterocycles. The van der Waals surface area contributed by atoms with Crippen LogP contribution >= 0.6 is 0 Å². The van der Waals surface area contributed by atoms with E-state index in [9.17, 15) is 0 Å². The Bertz CT molecular complexity index is 2840. The second-order valence-electron chi connectivity index (χ2n) is 26.3. The van der Waals surface area contributed by atoms with Crippen LogP contribution in [0.3, 0.4) is 0 Å². The standard InChI is InChI=1S/C70H78N2/c1-63(2,3)51-31-25-26-32-52(64(4,5)6)48-56(68(16,17)18)40-45-61-37-30-38-62(72-61)46-42-58(70(22,23)24)50-54(66(10,11)12)34-28-27-33-53(65(7,8)9)49-57(69(19,20)21)41-44-60-36-29-35-59(71-60)43-39-55(47-51)67(13,14)15/h29-30,35-38H,1-24H3. The third-order valence-corrected chi connectivity index (χ3v) is 10.6. The van der Waals surface area contributed by atoms with Crippen molar-refractivity contribution in [3.8, 4) is 94.7 Å². The van der Waals surface area contributed by atoms with E-state index < -0.39 is 0 Å². The van der Waals surface area contributed by atoms with Crippen LogP contribution in [0.1, 0.15) is 189 Å². The number of fused-ring (bicyclic) bond motifs is 4. The molecule has 2 nitrogen and oxygen atoms in total. The number of aromatic nitrogens is 2. The number of hydrogen-bond acceptors (Lipinski definition) is 2. The van der Waals surface area contributed by atoms with Gasteiger partial charge in [-0.1, -0.05) is 225 Å². The fourth-order valence-corrected chi connectivity index (χ4v) is 5.78. The zero-order valence-electron chi connectivity index (χ0n) is 48.4. The molecular formula is C70H78N2. The zero-order valence-corrected chi connectivity index (χ0v) is 48.4. The van der Waals surface area contributed by atoms with Gasteiger partial charge in [-0.2, -0.15) is 0 Å². The summed E-state index contributed by atoms with van der Waals surface area (Å²) in [6, 6.07) is 11.5. The smallest absolute Gasteiger partial charge is 0.115 e. The van der Waals surface area contributed by atoms with Crippen LogP contribution in [-0.4, -0.2) is 9.97 Å². The first kappa shape index (κ1) is 59.2. The Hall–Kier alpha value is -7.14. The van der Waals surface area contributed by atoms with Crippen LogP contribution in [0.4, 0.5) is 0 Å². The summed E-state index contributed by atoms with van der Waals surface area (Å²) in [5.41, 5.74) is 20.7. The highest BCUT2D eigenvalue weighted by Gasteiger charge is 2.24. The lowest BCUT2D eigenvalue weighted by molar-refractivity contribution is 0.508. The summed E-state index contributed by atoms with van der Waals surface area (Å²) in [6.07, 6.45) is 0. The molecule has 0 saturated carbocycles. The summed E-state index contributed by atoms with van der Waals surface area (Å²) in [4.78, 5) is 9.73. The lowest BCUT2D eigenvalue weighted by atomic mass is 9.82. The molecule has 2 aromatic rings. The van der Waals surface area contributed by atoms with Crippen molar-refractivity contribution in [3.05, 3.63) is 127 Å². The highest BCUT2D eigenvalue weighted by atomic mass is 14.7. The molecule has 0 atom stereocenters. The molecule has 3 heterocycles. The van der Waals surface area contributed by atoms with Gasteiger partial charge in [0.05, 0.1) is 44.6 Å². The van der Waals surface area contributed by atoms with Gasteiger partial charge in [0.15, 0.2) is 0 Å². The quantitative estimate of drug-likeness (QED) is 0.194. The summed E-state index contributed by atoms with van der Waals surface area (Å²) in [6.45, 7) is 51.1. The van der Waals surface area contributed by atoms with Crippen LogP contribution in [0.25, 0.3) is 0 Å². The Balaban J connectivity index is 2.66. The Kier molecular flexibility index (Phi) is 18.9. The minimum Gasteiger partial charge on any atom is -0.231 e. The van der Waals surface area contributed by atoms with E-state index in [1.54, 1.807) is 0 Å². The molecule has 0 saturated heterocycles. The molecule has 0 fully saturated rings. The van der Waals surface area contributed by atoms with Gasteiger partial charge in [0.2, 0.25) is 0 Å². The van der Waals surface area contributed by atoms with Crippen LogP contribution in [-0.2, 0) is 0 Å². The maximum Gasteiger partial charge on any atom is 0.115 e. The molecule has 3 rings (SSSR count). The molecule has 368 valence electrons. The molecule has 1 aliphatic rings. The van der Waals surface area contributed by atoms with E-state index in [4.69, 9.17) is 9.97 Å². The van der Waals surface area contributed by atoms with E-state index in [0.29, 0.717) is 22.8 Å². The second kappa shape index (κ2) is 22.9. The van der Waals surface area contributed by atoms with Gasteiger partial charge in [0.1, 0.15) is 22.8 Å². The van der Waals surface area contributed by atoms with Gasteiger partial charge in [-0.05, 0) is 95.3 Å². The largest absolute Gasteiger partial charge is 0.231 e. The molecule has 2 aromatic heterocycles. The fraction of sp³-hybridized carbons (Fsp3) is 0.457. The summed E-state index contributed by atoms with van der Waals surface area (Å²) >= 11 is 0. The Morgan fingerprint density at radius 3 is 0.528 bits per heavy atom.